The molecule has 0 saturated heterocycles. The number of fused-ring (bicyclic) bond motifs is 1. The Morgan fingerprint density at radius 3 is 2.46 bits per heavy atom. The molecule has 9 heteroatoms. The van der Waals surface area contributed by atoms with Crippen LogP contribution in [0.3, 0.4) is 0 Å². The van der Waals surface area contributed by atoms with Gasteiger partial charge in [0.1, 0.15) is 11.8 Å². The topological polar surface area (TPSA) is 81.1 Å². The average molecular weight is 558 g/mol. The van der Waals surface area contributed by atoms with E-state index in [1.165, 1.54) is 16.7 Å². The number of anilines is 2. The number of hydrogen-bond acceptors (Lipinski definition) is 7. The Labute approximate surface area is 237 Å². The molecule has 2 N–H and O–H groups in total. The summed E-state index contributed by atoms with van der Waals surface area (Å²) in [7, 11) is 1.62. The van der Waals surface area contributed by atoms with Crippen molar-refractivity contribution in [3.05, 3.63) is 100 Å². The Morgan fingerprint density at radius 2 is 1.79 bits per heavy atom. The van der Waals surface area contributed by atoms with Crippen molar-refractivity contribution in [2.45, 2.75) is 42.6 Å². The fraction of sp³-hybridized carbons (Fsp3) is 0.233. The summed E-state index contributed by atoms with van der Waals surface area (Å²) in [5.74, 6) is 1.91. The molecule has 3 aromatic carbocycles. The van der Waals surface area contributed by atoms with Crippen molar-refractivity contribution >= 4 is 41.1 Å². The lowest BCUT2D eigenvalue weighted by Crippen LogP contribution is -2.31. The van der Waals surface area contributed by atoms with Crippen LogP contribution in [-0.4, -0.2) is 34.0 Å². The predicted molar refractivity (Wildman–Crippen MR) is 160 cm³/mol. The molecule has 4 aromatic rings. The summed E-state index contributed by atoms with van der Waals surface area (Å²) in [5.41, 5.74) is 6.74. The number of benzene rings is 3. The first-order valence-corrected chi connectivity index (χ1v) is 14.8. The summed E-state index contributed by atoms with van der Waals surface area (Å²) in [6.07, 6.45) is 2.05. The number of hydrogen-bond donors (Lipinski definition) is 2. The lowest BCUT2D eigenvalue weighted by molar-refractivity contribution is -0.113. The van der Waals surface area contributed by atoms with E-state index in [1.54, 1.807) is 30.6 Å². The molecule has 0 spiro atoms. The van der Waals surface area contributed by atoms with Gasteiger partial charge in [0.25, 0.3) is 5.91 Å². The number of nitrogens with one attached hydrogen (secondary N) is 2. The quantitative estimate of drug-likeness (QED) is 0.229. The Balaban J connectivity index is 1.47. The molecular weight excluding hydrogens is 526 g/mol. The summed E-state index contributed by atoms with van der Waals surface area (Å²) >= 11 is 3.27. The number of ether oxygens (including phenoxy) is 1. The maximum atomic E-state index is 13.7. The SMILES string of the molecule is COc1ccc(NC(=O)C2=C(C)Nc3nc(SCc4ccc(C)cc4C)nn3[C@H]2c2ccc(SC)cc2)cc1. The van der Waals surface area contributed by atoms with Crippen LogP contribution in [0.2, 0.25) is 0 Å². The number of nitrogens with zero attached hydrogens (tertiary/aromatic N) is 3. The minimum absolute atomic E-state index is 0.199. The highest BCUT2D eigenvalue weighted by Crippen LogP contribution is 2.37. The third kappa shape index (κ3) is 5.84. The molecular formula is C30H31N5O2S2. The zero-order valence-corrected chi connectivity index (χ0v) is 24.2. The zero-order valence-electron chi connectivity index (χ0n) is 22.6. The number of thioether (sulfide) groups is 2. The van der Waals surface area contributed by atoms with Gasteiger partial charge in [-0.2, -0.15) is 4.98 Å². The minimum Gasteiger partial charge on any atom is -0.497 e. The normalized spacial score (nSPS) is 14.5. The maximum Gasteiger partial charge on any atom is 0.255 e. The molecule has 0 radical (unpaired) electrons. The van der Waals surface area contributed by atoms with E-state index in [0.29, 0.717) is 22.4 Å². The lowest BCUT2D eigenvalue weighted by atomic mass is 9.95. The van der Waals surface area contributed by atoms with Crippen LogP contribution < -0.4 is 15.4 Å². The Morgan fingerprint density at radius 1 is 1.05 bits per heavy atom. The fourth-order valence-electron chi connectivity index (χ4n) is 4.60. The first-order valence-electron chi connectivity index (χ1n) is 12.6. The molecule has 0 aliphatic carbocycles. The molecule has 1 atom stereocenters. The van der Waals surface area contributed by atoms with E-state index < -0.39 is 6.04 Å². The Kier molecular flexibility index (Phi) is 7.99. The second-order valence-corrected chi connectivity index (χ2v) is 11.2. The highest BCUT2D eigenvalue weighted by Gasteiger charge is 2.34. The highest BCUT2D eigenvalue weighted by atomic mass is 32.2. The van der Waals surface area contributed by atoms with E-state index in [-0.39, 0.29) is 5.91 Å². The van der Waals surface area contributed by atoms with Gasteiger partial charge in [0.2, 0.25) is 11.1 Å². The van der Waals surface area contributed by atoms with Crippen LogP contribution in [0.5, 0.6) is 5.75 Å². The first-order chi connectivity index (χ1) is 18.9. The molecule has 0 bridgehead atoms. The lowest BCUT2D eigenvalue weighted by Gasteiger charge is -2.28. The van der Waals surface area contributed by atoms with Crippen LogP contribution in [0.15, 0.2) is 88.1 Å². The molecule has 200 valence electrons. The zero-order chi connectivity index (χ0) is 27.5. The van der Waals surface area contributed by atoms with Gasteiger partial charge in [-0.3, -0.25) is 4.79 Å². The number of methoxy groups -OCH3 is 1. The summed E-state index contributed by atoms with van der Waals surface area (Å²) in [6, 6.07) is 21.6. The van der Waals surface area contributed by atoms with Crippen molar-refractivity contribution in [3.63, 3.8) is 0 Å². The van der Waals surface area contributed by atoms with Gasteiger partial charge >= 0.3 is 0 Å². The predicted octanol–water partition coefficient (Wildman–Crippen LogP) is 6.85. The van der Waals surface area contributed by atoms with Crippen LogP contribution in [0.4, 0.5) is 11.6 Å². The van der Waals surface area contributed by atoms with Crippen LogP contribution in [0.25, 0.3) is 0 Å². The van der Waals surface area contributed by atoms with E-state index in [4.69, 9.17) is 14.8 Å². The van der Waals surface area contributed by atoms with E-state index in [9.17, 15) is 4.79 Å². The minimum atomic E-state index is -0.432. The number of allylic oxidation sites excluding steroid dienone is 1. The molecule has 5 rings (SSSR count). The molecule has 39 heavy (non-hydrogen) atoms. The van der Waals surface area contributed by atoms with Gasteiger partial charge in [-0.05, 0) is 80.1 Å². The van der Waals surface area contributed by atoms with Crippen molar-refractivity contribution in [2.75, 3.05) is 24.0 Å². The molecule has 1 aromatic heterocycles. The molecule has 1 aliphatic rings. The molecule has 1 aliphatic heterocycles. The van der Waals surface area contributed by atoms with E-state index >= 15 is 0 Å². The van der Waals surface area contributed by atoms with Crippen molar-refractivity contribution in [1.29, 1.82) is 0 Å². The number of aromatic nitrogens is 3. The standard InChI is InChI=1S/C30H31N5O2S2/c1-18-6-7-22(19(2)16-18)17-39-30-33-29-31-20(3)26(28(36)32-23-10-12-24(37-4)13-11-23)27(35(29)34-30)21-8-14-25(38-5)15-9-21/h6-16,27H,17H2,1-5H3,(H,32,36)(H,31,33,34)/t27-/m0/s1. The van der Waals surface area contributed by atoms with E-state index in [0.717, 1.165) is 27.7 Å². The van der Waals surface area contributed by atoms with Crippen LogP contribution >= 0.6 is 23.5 Å². The number of carbonyl (C=O) groups is 1. The Bertz CT molecular complexity index is 1530. The van der Waals surface area contributed by atoms with Crippen LogP contribution in [0, 0.1) is 13.8 Å². The van der Waals surface area contributed by atoms with E-state index in [1.807, 2.05) is 42.1 Å². The maximum absolute atomic E-state index is 13.7. The van der Waals surface area contributed by atoms with Gasteiger partial charge in [0.15, 0.2) is 0 Å². The molecule has 1 amide bonds. The van der Waals surface area contributed by atoms with E-state index in [2.05, 4.69) is 66.9 Å². The number of amides is 1. The molecule has 0 unspecified atom stereocenters. The highest BCUT2D eigenvalue weighted by molar-refractivity contribution is 7.98. The Hall–Kier alpha value is -3.69. The second kappa shape index (κ2) is 11.6. The molecule has 0 saturated carbocycles. The number of rotatable bonds is 8. The summed E-state index contributed by atoms with van der Waals surface area (Å²) in [4.78, 5) is 19.7. The molecule has 0 fully saturated rings. The van der Waals surface area contributed by atoms with Gasteiger partial charge in [-0.1, -0.05) is 47.7 Å². The first kappa shape index (κ1) is 26.9. The van der Waals surface area contributed by atoms with Crippen molar-refractivity contribution in [3.8, 4) is 5.75 Å². The van der Waals surface area contributed by atoms with Gasteiger partial charge < -0.3 is 15.4 Å². The molecule has 2 heterocycles. The number of aryl methyl sites for hydroxylation is 2. The average Bonchev–Trinajstić information content (AvgIpc) is 3.34. The molecule has 7 nitrogen and oxygen atoms in total. The van der Waals surface area contributed by atoms with Crippen LogP contribution in [-0.2, 0) is 10.5 Å². The third-order valence-corrected chi connectivity index (χ3v) is 8.34. The monoisotopic (exact) mass is 557 g/mol. The smallest absolute Gasteiger partial charge is 0.255 e. The fourth-order valence-corrected chi connectivity index (χ4v) is 5.92. The van der Waals surface area contributed by atoms with Gasteiger partial charge in [-0.15, -0.1) is 16.9 Å². The number of carbonyl (C=O) groups excluding carboxylic acids is 1. The van der Waals surface area contributed by atoms with Gasteiger partial charge in [0, 0.05) is 22.0 Å². The second-order valence-electron chi connectivity index (χ2n) is 9.40. The van der Waals surface area contributed by atoms with Crippen molar-refractivity contribution in [2.24, 2.45) is 0 Å². The largest absolute Gasteiger partial charge is 0.497 e. The van der Waals surface area contributed by atoms with Gasteiger partial charge in [0.05, 0.1) is 12.7 Å². The van der Waals surface area contributed by atoms with Crippen molar-refractivity contribution < 1.29 is 9.53 Å². The summed E-state index contributed by atoms with van der Waals surface area (Å²) in [6.45, 7) is 6.14. The van der Waals surface area contributed by atoms with Crippen LogP contribution in [0.1, 0.15) is 35.2 Å². The third-order valence-electron chi connectivity index (χ3n) is 6.71. The van der Waals surface area contributed by atoms with Crippen molar-refractivity contribution in [1.82, 2.24) is 14.8 Å². The summed E-state index contributed by atoms with van der Waals surface area (Å²) < 4.78 is 7.08. The van der Waals surface area contributed by atoms with Gasteiger partial charge in [-0.25, -0.2) is 4.68 Å². The summed E-state index contributed by atoms with van der Waals surface area (Å²) in [5, 5.41) is 11.9.